The molecule has 0 aromatic rings. The maximum atomic E-state index is 12.2. The van der Waals surface area contributed by atoms with Crippen molar-refractivity contribution < 1.29 is 33.1 Å². The van der Waals surface area contributed by atoms with Crippen molar-refractivity contribution >= 4 is 20.7 Å². The number of carbonyl (C=O) groups is 2. The van der Waals surface area contributed by atoms with E-state index in [1.54, 1.807) is 21.3 Å². The van der Waals surface area contributed by atoms with E-state index in [0.29, 0.717) is 38.4 Å². The Bertz CT molecular complexity index is 437. The molecule has 8 nitrogen and oxygen atoms in total. The van der Waals surface area contributed by atoms with Crippen molar-refractivity contribution in [1.82, 2.24) is 4.90 Å². The standard InChI is InChI=1S/C18H37NO7Si/c1-6-8-11-18(17(22)23,15-16(20)21)19(12-9-7-2)13-10-14-27(24-3,25-4)26-5/h6-15H2,1-5H3,(H,20,21)(H,22,23)/t18-/m0/s1. The van der Waals surface area contributed by atoms with Gasteiger partial charge in [-0.15, -0.1) is 0 Å². The minimum Gasteiger partial charge on any atom is -0.481 e. The molecular formula is C18H37NO7Si. The number of rotatable bonds is 17. The number of hydrogen-bond acceptors (Lipinski definition) is 6. The smallest absolute Gasteiger partial charge is 0.481 e. The molecule has 0 spiro atoms. The van der Waals surface area contributed by atoms with Gasteiger partial charge in [-0.2, -0.15) is 0 Å². The van der Waals surface area contributed by atoms with Crippen LogP contribution in [-0.2, 0) is 22.9 Å². The summed E-state index contributed by atoms with van der Waals surface area (Å²) in [4.78, 5) is 25.6. The lowest BCUT2D eigenvalue weighted by molar-refractivity contribution is -0.159. The summed E-state index contributed by atoms with van der Waals surface area (Å²) in [5.41, 5.74) is -1.39. The highest BCUT2D eigenvalue weighted by Crippen LogP contribution is 2.29. The third-order valence-corrected chi connectivity index (χ3v) is 7.85. The summed E-state index contributed by atoms with van der Waals surface area (Å²) in [7, 11) is 1.88. The van der Waals surface area contributed by atoms with Crippen LogP contribution in [0.4, 0.5) is 0 Å². The lowest BCUT2D eigenvalue weighted by atomic mass is 9.86. The first kappa shape index (κ1) is 26.0. The van der Waals surface area contributed by atoms with Gasteiger partial charge in [0.2, 0.25) is 0 Å². The van der Waals surface area contributed by atoms with Gasteiger partial charge in [0.15, 0.2) is 0 Å². The quantitative estimate of drug-likeness (QED) is 0.355. The molecule has 160 valence electrons. The molecule has 0 radical (unpaired) electrons. The molecule has 0 fully saturated rings. The number of nitrogens with zero attached hydrogens (tertiary/aromatic N) is 1. The lowest BCUT2D eigenvalue weighted by Crippen LogP contribution is -2.57. The van der Waals surface area contributed by atoms with Gasteiger partial charge in [-0.1, -0.05) is 33.1 Å². The van der Waals surface area contributed by atoms with Crippen molar-refractivity contribution in [3.8, 4) is 0 Å². The number of aliphatic carboxylic acids is 2. The highest BCUT2D eigenvalue weighted by Gasteiger charge is 2.46. The van der Waals surface area contributed by atoms with Gasteiger partial charge in [-0.3, -0.25) is 14.5 Å². The van der Waals surface area contributed by atoms with Crippen LogP contribution < -0.4 is 0 Å². The Morgan fingerprint density at radius 2 is 1.44 bits per heavy atom. The second kappa shape index (κ2) is 13.2. The van der Waals surface area contributed by atoms with E-state index in [-0.39, 0.29) is 0 Å². The Morgan fingerprint density at radius 1 is 0.926 bits per heavy atom. The monoisotopic (exact) mass is 407 g/mol. The second-order valence-corrected chi connectivity index (χ2v) is 9.84. The predicted octanol–water partition coefficient (Wildman–Crippen LogP) is 2.84. The molecule has 0 saturated carbocycles. The number of carboxylic acid groups (broad SMARTS) is 2. The summed E-state index contributed by atoms with van der Waals surface area (Å²) in [6, 6.07) is 0.537. The van der Waals surface area contributed by atoms with Gasteiger partial charge in [0, 0.05) is 27.4 Å². The van der Waals surface area contributed by atoms with E-state index in [2.05, 4.69) is 0 Å². The zero-order chi connectivity index (χ0) is 20.9. The first-order chi connectivity index (χ1) is 12.8. The van der Waals surface area contributed by atoms with Crippen molar-refractivity contribution in [2.24, 2.45) is 0 Å². The molecule has 0 saturated heterocycles. The highest BCUT2D eigenvalue weighted by molar-refractivity contribution is 6.60. The van der Waals surface area contributed by atoms with Crippen molar-refractivity contribution in [2.45, 2.75) is 70.4 Å². The molecule has 2 N–H and O–H groups in total. The first-order valence-corrected chi connectivity index (χ1v) is 11.6. The minimum absolute atomic E-state index is 0.316. The molecule has 0 amide bonds. The fraction of sp³-hybridized carbons (Fsp3) is 0.889. The molecule has 0 aromatic carbocycles. The molecule has 0 heterocycles. The van der Waals surface area contributed by atoms with Crippen molar-refractivity contribution in [3.05, 3.63) is 0 Å². The maximum absolute atomic E-state index is 12.2. The summed E-state index contributed by atoms with van der Waals surface area (Å²) in [5, 5.41) is 19.4. The van der Waals surface area contributed by atoms with E-state index < -0.39 is 32.7 Å². The van der Waals surface area contributed by atoms with E-state index in [0.717, 1.165) is 19.3 Å². The maximum Gasteiger partial charge on any atom is 0.500 e. The summed E-state index contributed by atoms with van der Waals surface area (Å²) >= 11 is 0. The normalized spacial score (nSPS) is 14.3. The summed E-state index contributed by atoms with van der Waals surface area (Å²) in [5.74, 6) is -2.16. The van der Waals surface area contributed by atoms with Crippen molar-refractivity contribution in [2.75, 3.05) is 34.4 Å². The van der Waals surface area contributed by atoms with E-state index in [1.165, 1.54) is 0 Å². The van der Waals surface area contributed by atoms with Crippen LogP contribution >= 0.6 is 0 Å². The summed E-state index contributed by atoms with van der Waals surface area (Å²) in [6.07, 6.45) is 3.69. The van der Waals surface area contributed by atoms with Crippen LogP contribution in [0.15, 0.2) is 0 Å². The molecule has 0 aliphatic carbocycles. The highest BCUT2D eigenvalue weighted by atomic mass is 28.4. The van der Waals surface area contributed by atoms with Crippen molar-refractivity contribution in [1.29, 1.82) is 0 Å². The third-order valence-electron chi connectivity index (χ3n) is 5.02. The van der Waals surface area contributed by atoms with E-state index >= 15 is 0 Å². The van der Waals surface area contributed by atoms with Gasteiger partial charge in [0.25, 0.3) is 0 Å². The van der Waals surface area contributed by atoms with Crippen LogP contribution in [0.2, 0.25) is 6.04 Å². The van der Waals surface area contributed by atoms with Crippen LogP contribution in [0.1, 0.15) is 58.8 Å². The first-order valence-electron chi connectivity index (χ1n) is 9.63. The van der Waals surface area contributed by atoms with Gasteiger partial charge in [-0.05, 0) is 32.4 Å². The molecule has 0 unspecified atom stereocenters. The Balaban J connectivity index is 5.52. The van der Waals surface area contributed by atoms with Crippen molar-refractivity contribution in [3.63, 3.8) is 0 Å². The SMILES string of the molecule is CCCCN(CCC[Si](OC)(OC)OC)[C@@](CCCC)(CC(=O)O)C(=O)O. The Hall–Kier alpha value is -1.00. The van der Waals surface area contributed by atoms with Crippen LogP contribution in [-0.4, -0.2) is 75.8 Å². The average Bonchev–Trinajstić information content (AvgIpc) is 2.65. The molecule has 0 bridgehead atoms. The molecule has 0 rings (SSSR count). The molecule has 0 aliphatic rings. The van der Waals surface area contributed by atoms with Gasteiger partial charge in [0.1, 0.15) is 5.54 Å². The number of hydrogen-bond donors (Lipinski definition) is 2. The molecule has 9 heteroatoms. The average molecular weight is 408 g/mol. The fourth-order valence-electron chi connectivity index (χ4n) is 3.33. The zero-order valence-electron chi connectivity index (χ0n) is 17.5. The van der Waals surface area contributed by atoms with E-state index in [4.69, 9.17) is 13.3 Å². The van der Waals surface area contributed by atoms with Crippen LogP contribution in [0.5, 0.6) is 0 Å². The Kier molecular flexibility index (Phi) is 12.7. The molecule has 27 heavy (non-hydrogen) atoms. The van der Waals surface area contributed by atoms with E-state index in [1.807, 2.05) is 18.7 Å². The minimum atomic E-state index is -2.75. The Labute approximate surface area is 164 Å². The number of carboxylic acids is 2. The predicted molar refractivity (Wildman–Crippen MR) is 105 cm³/mol. The molecule has 1 atom stereocenters. The Morgan fingerprint density at radius 3 is 1.85 bits per heavy atom. The summed E-state index contributed by atoms with van der Waals surface area (Å²) in [6.45, 7) is 5.00. The van der Waals surface area contributed by atoms with E-state index in [9.17, 15) is 19.8 Å². The molecule has 0 aliphatic heterocycles. The lowest BCUT2D eigenvalue weighted by Gasteiger charge is -2.40. The zero-order valence-corrected chi connectivity index (χ0v) is 18.5. The third kappa shape index (κ3) is 7.87. The number of unbranched alkanes of at least 4 members (excludes halogenated alkanes) is 2. The van der Waals surface area contributed by atoms with Crippen LogP contribution in [0.3, 0.4) is 0 Å². The van der Waals surface area contributed by atoms with Crippen LogP contribution in [0.25, 0.3) is 0 Å². The second-order valence-electron chi connectivity index (χ2n) is 6.75. The van der Waals surface area contributed by atoms with Gasteiger partial charge in [0.05, 0.1) is 6.42 Å². The molecular weight excluding hydrogens is 370 g/mol. The van der Waals surface area contributed by atoms with Gasteiger partial charge < -0.3 is 23.5 Å². The fourth-order valence-corrected chi connectivity index (χ4v) is 5.03. The topological polar surface area (TPSA) is 106 Å². The summed E-state index contributed by atoms with van der Waals surface area (Å²) < 4.78 is 16.3. The van der Waals surface area contributed by atoms with Gasteiger partial charge >= 0.3 is 20.7 Å². The van der Waals surface area contributed by atoms with Gasteiger partial charge in [-0.25, -0.2) is 0 Å². The largest absolute Gasteiger partial charge is 0.500 e. The molecule has 0 aromatic heterocycles. The van der Waals surface area contributed by atoms with Crippen LogP contribution in [0, 0.1) is 0 Å².